The first-order chi connectivity index (χ1) is 13.6. The number of nitrogens with two attached hydrogens (primary N) is 1. The lowest BCUT2D eigenvalue weighted by molar-refractivity contribution is -0.380. The quantitative estimate of drug-likeness (QED) is 0.252. The van der Waals surface area contributed by atoms with Gasteiger partial charge in [0.2, 0.25) is 0 Å². The number of hydrogen-bond donors (Lipinski definition) is 3. The van der Waals surface area contributed by atoms with Crippen molar-refractivity contribution < 1.29 is 27.6 Å². The van der Waals surface area contributed by atoms with Crippen LogP contribution in [0.15, 0.2) is 35.3 Å². The predicted octanol–water partition coefficient (Wildman–Crippen LogP) is 3.62. The van der Waals surface area contributed by atoms with Gasteiger partial charge in [-0.2, -0.15) is 18.2 Å². The first kappa shape index (κ1) is 20.1. The summed E-state index contributed by atoms with van der Waals surface area (Å²) in [5, 5.41) is 12.8. The van der Waals surface area contributed by atoms with Crippen molar-refractivity contribution in [2.75, 3.05) is 7.05 Å². The van der Waals surface area contributed by atoms with Gasteiger partial charge in [0, 0.05) is 18.5 Å². The average molecular weight is 427 g/mol. The van der Waals surface area contributed by atoms with Crippen molar-refractivity contribution >= 4 is 39.1 Å². The van der Waals surface area contributed by atoms with Crippen molar-refractivity contribution in [2.45, 2.75) is 6.18 Å². The fourth-order valence-corrected chi connectivity index (χ4v) is 3.12. The van der Waals surface area contributed by atoms with E-state index in [0.29, 0.717) is 11.3 Å². The number of alkyl halides is 3. The van der Waals surface area contributed by atoms with Gasteiger partial charge in [0.05, 0.1) is 16.0 Å². The molecule has 152 valence electrons. The van der Waals surface area contributed by atoms with Gasteiger partial charge in [-0.1, -0.05) is 0 Å². The molecular formula is C16H12F3N5O4S. The molecule has 0 fully saturated rings. The fraction of sp³-hybridized carbons (Fsp3) is 0.125. The number of amides is 1. The summed E-state index contributed by atoms with van der Waals surface area (Å²) in [6.07, 6.45) is -4.69. The van der Waals surface area contributed by atoms with Crippen molar-refractivity contribution in [2.24, 2.45) is 10.7 Å². The Morgan fingerprint density at radius 1 is 1.34 bits per heavy atom. The Kier molecular flexibility index (Phi) is 5.16. The Bertz CT molecular complexity index is 1140. The molecule has 2 aromatic heterocycles. The molecule has 9 nitrogen and oxygen atoms in total. The van der Waals surface area contributed by atoms with Crippen LogP contribution in [0.25, 0.3) is 10.9 Å². The first-order valence-corrected chi connectivity index (χ1v) is 8.63. The van der Waals surface area contributed by atoms with Crippen LogP contribution in [0.2, 0.25) is 0 Å². The summed E-state index contributed by atoms with van der Waals surface area (Å²) in [6, 6.07) is 5.38. The average Bonchev–Trinajstić information content (AvgIpc) is 3.28. The Hall–Kier alpha value is -3.61. The summed E-state index contributed by atoms with van der Waals surface area (Å²) in [6.45, 7) is 0. The minimum atomic E-state index is -4.69. The molecule has 0 saturated heterocycles. The van der Waals surface area contributed by atoms with Gasteiger partial charge in [0.15, 0.2) is 16.8 Å². The third-order valence-corrected chi connectivity index (χ3v) is 4.64. The van der Waals surface area contributed by atoms with E-state index in [0.717, 1.165) is 18.2 Å². The number of guanidine groups is 1. The van der Waals surface area contributed by atoms with Gasteiger partial charge in [-0.3, -0.25) is 14.9 Å². The Labute approximate surface area is 164 Å². The third-order valence-electron chi connectivity index (χ3n) is 3.73. The van der Waals surface area contributed by atoms with Gasteiger partial charge < -0.3 is 20.8 Å². The maximum Gasteiger partial charge on any atom is 0.417 e. The van der Waals surface area contributed by atoms with E-state index in [1.165, 1.54) is 19.2 Å². The Morgan fingerprint density at radius 3 is 2.66 bits per heavy atom. The summed E-state index contributed by atoms with van der Waals surface area (Å²) >= 11 is 0.708. The van der Waals surface area contributed by atoms with Crippen LogP contribution in [0.5, 0.6) is 10.8 Å². The Morgan fingerprint density at radius 2 is 2.07 bits per heavy atom. The molecule has 0 aliphatic heterocycles. The van der Waals surface area contributed by atoms with Crippen molar-refractivity contribution in [1.29, 1.82) is 0 Å². The second-order valence-electron chi connectivity index (χ2n) is 5.58. The van der Waals surface area contributed by atoms with E-state index in [1.807, 2.05) is 0 Å². The molecule has 0 bridgehead atoms. The number of benzene rings is 1. The predicted molar refractivity (Wildman–Crippen MR) is 99.4 cm³/mol. The number of aromatic amines is 1. The number of carbonyl (C=O) groups is 1. The number of ether oxygens (including phenoxy) is 1. The standard InChI is InChI=1S/C16H12F3N5O4S/c1-21-15(20)23-14(25)9-6-7-8(16(17,18)19)2-3-10(13(7)22-9)28-12-5-4-11(29-12)24(26)27/h2-6,22H,1H3,(H3,20,21,23,25). The number of halogens is 3. The highest BCUT2D eigenvalue weighted by Gasteiger charge is 2.34. The first-order valence-electron chi connectivity index (χ1n) is 7.81. The van der Waals surface area contributed by atoms with Gasteiger partial charge >= 0.3 is 11.2 Å². The van der Waals surface area contributed by atoms with E-state index in [4.69, 9.17) is 10.5 Å². The van der Waals surface area contributed by atoms with E-state index >= 15 is 0 Å². The third kappa shape index (κ3) is 4.13. The zero-order valence-corrected chi connectivity index (χ0v) is 15.4. The number of nitro groups is 1. The number of thiophene rings is 1. The number of carbonyl (C=O) groups excluding carboxylic acids is 1. The van der Waals surface area contributed by atoms with Crippen LogP contribution in [0.1, 0.15) is 16.1 Å². The van der Waals surface area contributed by atoms with Gasteiger partial charge in [-0.15, -0.1) is 0 Å². The van der Waals surface area contributed by atoms with Crippen molar-refractivity contribution in [3.8, 4) is 10.8 Å². The van der Waals surface area contributed by atoms with Gasteiger partial charge in [-0.25, -0.2) is 0 Å². The molecule has 3 aromatic rings. The molecule has 29 heavy (non-hydrogen) atoms. The maximum absolute atomic E-state index is 13.4. The highest BCUT2D eigenvalue weighted by atomic mass is 32.1. The second-order valence-corrected chi connectivity index (χ2v) is 6.61. The highest BCUT2D eigenvalue weighted by Crippen LogP contribution is 2.41. The van der Waals surface area contributed by atoms with E-state index in [-0.39, 0.29) is 38.4 Å². The molecule has 0 spiro atoms. The number of H-pyrrole nitrogens is 1. The SMILES string of the molecule is CNC(N)=NC(=O)c1cc2c(C(F)(F)F)ccc(Oc3ccc([N+](=O)[O-])s3)c2[nH]1. The summed E-state index contributed by atoms with van der Waals surface area (Å²) in [7, 11) is 1.42. The number of fused-ring (bicyclic) bond motifs is 1. The number of aromatic nitrogens is 1. The van der Waals surface area contributed by atoms with E-state index in [2.05, 4.69) is 15.3 Å². The molecule has 0 aliphatic rings. The fourth-order valence-electron chi connectivity index (χ4n) is 2.44. The highest BCUT2D eigenvalue weighted by molar-refractivity contribution is 7.17. The molecule has 1 amide bonds. The van der Waals surface area contributed by atoms with Crippen LogP contribution >= 0.6 is 11.3 Å². The number of aliphatic imine (C=N–C) groups is 1. The number of nitrogens with zero attached hydrogens (tertiary/aromatic N) is 2. The lowest BCUT2D eigenvalue weighted by Gasteiger charge is -2.10. The van der Waals surface area contributed by atoms with Crippen LogP contribution in [0, 0.1) is 10.1 Å². The molecule has 0 atom stereocenters. The van der Waals surface area contributed by atoms with E-state index in [9.17, 15) is 28.1 Å². The van der Waals surface area contributed by atoms with Gasteiger partial charge in [0.1, 0.15) is 5.69 Å². The molecule has 0 radical (unpaired) electrons. The minimum absolute atomic E-state index is 0.0469. The summed E-state index contributed by atoms with van der Waals surface area (Å²) in [4.78, 5) is 28.4. The summed E-state index contributed by atoms with van der Waals surface area (Å²) < 4.78 is 45.6. The molecule has 0 unspecified atom stereocenters. The lowest BCUT2D eigenvalue weighted by atomic mass is 10.1. The smallest absolute Gasteiger partial charge is 0.417 e. The summed E-state index contributed by atoms with van der Waals surface area (Å²) in [5.74, 6) is -1.15. The van der Waals surface area contributed by atoms with Crippen LogP contribution in [-0.4, -0.2) is 28.8 Å². The number of hydrogen-bond acceptors (Lipinski definition) is 5. The monoisotopic (exact) mass is 427 g/mol. The molecule has 3 rings (SSSR count). The molecule has 13 heteroatoms. The topological polar surface area (TPSA) is 136 Å². The zero-order valence-electron chi connectivity index (χ0n) is 14.5. The van der Waals surface area contributed by atoms with Gasteiger partial charge in [0.25, 0.3) is 5.91 Å². The van der Waals surface area contributed by atoms with Crippen LogP contribution in [0.3, 0.4) is 0 Å². The zero-order chi connectivity index (χ0) is 21.3. The van der Waals surface area contributed by atoms with Crippen molar-refractivity contribution in [3.05, 3.63) is 51.7 Å². The molecule has 1 aromatic carbocycles. The molecule has 0 saturated carbocycles. The number of nitrogens with one attached hydrogen (secondary N) is 2. The molecule has 2 heterocycles. The lowest BCUT2D eigenvalue weighted by Crippen LogP contribution is -2.28. The minimum Gasteiger partial charge on any atom is -0.444 e. The van der Waals surface area contributed by atoms with Crippen molar-refractivity contribution in [3.63, 3.8) is 0 Å². The van der Waals surface area contributed by atoms with Crippen LogP contribution < -0.4 is 15.8 Å². The van der Waals surface area contributed by atoms with E-state index < -0.39 is 22.6 Å². The van der Waals surface area contributed by atoms with Crippen LogP contribution in [0.4, 0.5) is 18.2 Å². The maximum atomic E-state index is 13.4. The van der Waals surface area contributed by atoms with Crippen LogP contribution in [-0.2, 0) is 6.18 Å². The number of rotatable bonds is 4. The normalized spacial score (nSPS) is 12.2. The largest absolute Gasteiger partial charge is 0.444 e. The molecular weight excluding hydrogens is 415 g/mol. The molecule has 0 aliphatic carbocycles. The Balaban J connectivity index is 2.10. The summed E-state index contributed by atoms with van der Waals surface area (Å²) in [5.41, 5.74) is 4.07. The van der Waals surface area contributed by atoms with Crippen molar-refractivity contribution in [1.82, 2.24) is 10.3 Å². The molecule has 4 N–H and O–H groups in total. The van der Waals surface area contributed by atoms with Gasteiger partial charge in [-0.05, 0) is 35.6 Å². The second kappa shape index (κ2) is 7.43. The van der Waals surface area contributed by atoms with E-state index in [1.54, 1.807) is 0 Å².